The zero-order chi connectivity index (χ0) is 19.0. The molecule has 0 bridgehead atoms. The molecule has 4 heteroatoms. The lowest BCUT2D eigenvalue weighted by molar-refractivity contribution is -0.700. The molecule has 2 aromatic carbocycles. The van der Waals surface area contributed by atoms with Crippen LogP contribution in [0.5, 0.6) is 0 Å². The Morgan fingerprint density at radius 2 is 1.67 bits per heavy atom. The highest BCUT2D eigenvalue weighted by molar-refractivity contribution is 6.30. The molecule has 0 spiro atoms. The van der Waals surface area contributed by atoms with Crippen LogP contribution < -0.4 is 9.47 Å². The third-order valence-corrected chi connectivity index (χ3v) is 5.13. The fraction of sp³-hybridized carbons (Fsp3) is 0.130. The second-order valence-electron chi connectivity index (χ2n) is 6.86. The van der Waals surface area contributed by atoms with E-state index in [1.54, 1.807) is 0 Å². The number of halogens is 1. The fourth-order valence-corrected chi connectivity index (χ4v) is 3.60. The fourth-order valence-electron chi connectivity index (χ4n) is 3.47. The van der Waals surface area contributed by atoms with Crippen molar-refractivity contribution in [3.63, 3.8) is 0 Å². The number of hydrogen-bond acceptors (Lipinski definition) is 2. The number of ketones is 1. The molecule has 27 heavy (non-hydrogen) atoms. The summed E-state index contributed by atoms with van der Waals surface area (Å²) in [5.41, 5.74) is 4.65. The molecule has 0 aliphatic carbocycles. The lowest BCUT2D eigenvalue weighted by Gasteiger charge is -2.12. The van der Waals surface area contributed by atoms with Gasteiger partial charge in [0.1, 0.15) is 0 Å². The number of pyridine rings is 1. The Labute approximate surface area is 164 Å². The Morgan fingerprint density at radius 3 is 2.33 bits per heavy atom. The summed E-state index contributed by atoms with van der Waals surface area (Å²) in [4.78, 5) is 15.2. The van der Waals surface area contributed by atoms with Crippen LogP contribution in [0.1, 0.15) is 27.7 Å². The maximum Gasteiger partial charge on any atom is 0.259 e. The van der Waals surface area contributed by atoms with Crippen LogP contribution in [-0.2, 0) is 0 Å². The molecule has 0 radical (unpaired) electrons. The van der Waals surface area contributed by atoms with Crippen LogP contribution in [0.25, 0.3) is 6.08 Å². The van der Waals surface area contributed by atoms with Crippen molar-refractivity contribution in [3.8, 4) is 0 Å². The van der Waals surface area contributed by atoms with Crippen LogP contribution in [0.15, 0.2) is 78.5 Å². The minimum absolute atomic E-state index is 0.0623. The molecule has 0 amide bonds. The van der Waals surface area contributed by atoms with E-state index in [2.05, 4.69) is 17.0 Å². The van der Waals surface area contributed by atoms with Crippen LogP contribution in [0.3, 0.4) is 0 Å². The molecule has 1 aliphatic heterocycles. The quantitative estimate of drug-likeness (QED) is 0.495. The van der Waals surface area contributed by atoms with Crippen molar-refractivity contribution in [2.75, 3.05) is 19.0 Å². The molecular weight excluding hydrogens is 356 g/mol. The maximum atomic E-state index is 13.1. The first-order valence-corrected chi connectivity index (χ1v) is 9.22. The van der Waals surface area contributed by atoms with Gasteiger partial charge in [0.05, 0.1) is 5.57 Å². The summed E-state index contributed by atoms with van der Waals surface area (Å²) in [6, 6.07) is 21.5. The minimum Gasteiger partial charge on any atom is -0.378 e. The van der Waals surface area contributed by atoms with Crippen molar-refractivity contribution >= 4 is 29.1 Å². The highest BCUT2D eigenvalue weighted by Gasteiger charge is 2.43. The summed E-state index contributed by atoms with van der Waals surface area (Å²) in [5, 5.41) is 0.686. The van der Waals surface area contributed by atoms with E-state index in [4.69, 9.17) is 11.6 Å². The molecule has 0 saturated carbocycles. The van der Waals surface area contributed by atoms with Gasteiger partial charge in [0.25, 0.3) is 11.5 Å². The van der Waals surface area contributed by atoms with Crippen molar-refractivity contribution in [2.45, 2.75) is 6.04 Å². The average Bonchev–Trinajstić information content (AvgIpc) is 2.95. The third kappa shape index (κ3) is 3.26. The first-order chi connectivity index (χ1) is 13.0. The van der Waals surface area contributed by atoms with E-state index < -0.39 is 0 Å². The van der Waals surface area contributed by atoms with Gasteiger partial charge in [-0.25, -0.2) is 0 Å². The number of carbonyl (C=O) groups excluding carboxylic acids is 1. The molecule has 1 atom stereocenters. The molecular formula is C23H20ClN2O+. The Morgan fingerprint density at radius 1 is 0.963 bits per heavy atom. The average molecular weight is 376 g/mol. The summed E-state index contributed by atoms with van der Waals surface area (Å²) in [7, 11) is 4.02. The lowest BCUT2D eigenvalue weighted by Crippen LogP contribution is -2.38. The molecule has 1 aliphatic rings. The van der Waals surface area contributed by atoms with E-state index >= 15 is 0 Å². The van der Waals surface area contributed by atoms with Crippen LogP contribution in [-0.4, -0.2) is 19.9 Å². The lowest BCUT2D eigenvalue weighted by atomic mass is 9.96. The minimum atomic E-state index is -0.153. The highest BCUT2D eigenvalue weighted by Crippen LogP contribution is 2.32. The molecule has 1 aromatic heterocycles. The van der Waals surface area contributed by atoms with Gasteiger partial charge in [0.2, 0.25) is 6.04 Å². The van der Waals surface area contributed by atoms with Crippen molar-refractivity contribution in [2.24, 2.45) is 0 Å². The van der Waals surface area contributed by atoms with E-state index in [9.17, 15) is 4.79 Å². The van der Waals surface area contributed by atoms with Crippen molar-refractivity contribution in [3.05, 3.63) is 100 Å². The largest absolute Gasteiger partial charge is 0.378 e. The van der Waals surface area contributed by atoms with Gasteiger partial charge >= 0.3 is 0 Å². The van der Waals surface area contributed by atoms with Crippen LogP contribution >= 0.6 is 11.6 Å². The van der Waals surface area contributed by atoms with E-state index in [0.29, 0.717) is 10.7 Å². The summed E-state index contributed by atoms with van der Waals surface area (Å²) in [5.74, 6) is 0.0623. The van der Waals surface area contributed by atoms with Gasteiger partial charge in [0, 0.05) is 42.5 Å². The van der Waals surface area contributed by atoms with Crippen molar-refractivity contribution in [1.29, 1.82) is 0 Å². The van der Waals surface area contributed by atoms with Crippen LogP contribution in [0.2, 0.25) is 5.02 Å². The summed E-state index contributed by atoms with van der Waals surface area (Å²) in [6.07, 6.45) is 3.95. The molecule has 0 fully saturated rings. The number of fused-ring (bicyclic) bond motifs is 1. The monoisotopic (exact) mass is 375 g/mol. The van der Waals surface area contributed by atoms with Gasteiger partial charge in [-0.2, -0.15) is 4.57 Å². The van der Waals surface area contributed by atoms with Crippen molar-refractivity contribution in [1.82, 2.24) is 0 Å². The maximum absolute atomic E-state index is 13.1. The number of aromatic nitrogens is 1. The number of nitrogens with zero attached hydrogens (tertiary/aromatic N) is 2. The third-order valence-electron chi connectivity index (χ3n) is 4.88. The van der Waals surface area contributed by atoms with E-state index in [1.807, 2.05) is 85.5 Å². The SMILES string of the molecule is CN(C)c1ccc(C=C2C(=O)c3cccc[n+]3C2c2ccc(Cl)cc2)cc1. The van der Waals surface area contributed by atoms with Crippen LogP contribution in [0, 0.1) is 0 Å². The van der Waals surface area contributed by atoms with Gasteiger partial charge in [-0.3, -0.25) is 4.79 Å². The first-order valence-electron chi connectivity index (χ1n) is 8.84. The van der Waals surface area contributed by atoms with Gasteiger partial charge in [-0.05, 0) is 42.0 Å². The number of carbonyl (C=O) groups is 1. The van der Waals surface area contributed by atoms with Gasteiger partial charge in [0.15, 0.2) is 6.20 Å². The molecule has 4 rings (SSSR count). The molecule has 3 nitrogen and oxygen atoms in total. The standard InChI is InChI=1S/C23H20ClN2O/c1-25(2)19-12-6-16(7-13-19)15-20-22(17-8-10-18(24)11-9-17)26-14-4-3-5-21(26)23(20)27/h3-15,22H,1-2H3/q+1. The van der Waals surface area contributed by atoms with E-state index in [0.717, 1.165) is 22.4 Å². The van der Waals surface area contributed by atoms with E-state index in [-0.39, 0.29) is 11.8 Å². The topological polar surface area (TPSA) is 24.2 Å². The number of rotatable bonds is 3. The normalized spacial score (nSPS) is 17.2. The molecule has 1 unspecified atom stereocenters. The summed E-state index contributed by atoms with van der Waals surface area (Å²) in [6.45, 7) is 0. The van der Waals surface area contributed by atoms with Gasteiger partial charge < -0.3 is 4.90 Å². The molecule has 0 saturated heterocycles. The molecule has 134 valence electrons. The Balaban J connectivity index is 1.82. The predicted octanol–water partition coefficient (Wildman–Crippen LogP) is 4.56. The van der Waals surface area contributed by atoms with Gasteiger partial charge in [-0.1, -0.05) is 35.9 Å². The number of anilines is 1. The summed E-state index contributed by atoms with van der Waals surface area (Å²) < 4.78 is 2.03. The number of Topliss-reactive ketones (excluding diaryl/α,β-unsaturated/α-hetero) is 1. The van der Waals surface area contributed by atoms with Gasteiger partial charge in [-0.15, -0.1) is 0 Å². The number of allylic oxidation sites excluding steroid dienone is 1. The predicted molar refractivity (Wildman–Crippen MR) is 109 cm³/mol. The van der Waals surface area contributed by atoms with Crippen LogP contribution in [0.4, 0.5) is 5.69 Å². The zero-order valence-electron chi connectivity index (χ0n) is 15.3. The van der Waals surface area contributed by atoms with E-state index in [1.165, 1.54) is 0 Å². The Bertz CT molecular complexity index is 1020. The van der Waals surface area contributed by atoms with Crippen molar-refractivity contribution < 1.29 is 9.36 Å². The zero-order valence-corrected chi connectivity index (χ0v) is 16.0. The number of benzene rings is 2. The molecule has 0 N–H and O–H groups in total. The molecule has 2 heterocycles. The summed E-state index contributed by atoms with van der Waals surface area (Å²) >= 11 is 6.06. The second kappa shape index (κ2) is 7.01. The number of hydrogen-bond donors (Lipinski definition) is 0. The highest BCUT2D eigenvalue weighted by atomic mass is 35.5. The Hall–Kier alpha value is -2.91. The first kappa shape index (κ1) is 17.5. The molecule has 3 aromatic rings. The second-order valence-corrected chi connectivity index (χ2v) is 7.30. The smallest absolute Gasteiger partial charge is 0.259 e. The Kier molecular flexibility index (Phi) is 4.54.